The highest BCUT2D eigenvalue weighted by Crippen LogP contribution is 2.11. The molecule has 22 heavy (non-hydrogen) atoms. The number of aryl methyl sites for hydroxylation is 1. The van der Waals surface area contributed by atoms with Crippen molar-refractivity contribution in [3.05, 3.63) is 18.0 Å². The number of aromatic nitrogens is 2. The van der Waals surface area contributed by atoms with E-state index in [9.17, 15) is 13.2 Å². The molecule has 0 spiro atoms. The average molecular weight is 331 g/mol. The standard InChI is InChI=1S/C13H25N5O3S/c1-5-18(6-2)22(20,21)8-7-15-13(19)12(14-3)11-9-16-17(4)10-11/h9-10,12,14H,5-8H2,1-4H3,(H,15,19). The van der Waals surface area contributed by atoms with E-state index in [0.717, 1.165) is 5.56 Å². The van der Waals surface area contributed by atoms with E-state index in [4.69, 9.17) is 0 Å². The second kappa shape index (κ2) is 8.25. The van der Waals surface area contributed by atoms with E-state index in [-0.39, 0.29) is 18.2 Å². The van der Waals surface area contributed by atoms with Gasteiger partial charge in [-0.05, 0) is 7.05 Å². The number of hydrogen-bond acceptors (Lipinski definition) is 5. The maximum Gasteiger partial charge on any atom is 0.241 e. The quantitative estimate of drug-likeness (QED) is 0.634. The third kappa shape index (κ3) is 4.79. The molecule has 1 heterocycles. The molecule has 0 bridgehead atoms. The number of sulfonamides is 1. The number of hydrogen-bond donors (Lipinski definition) is 2. The van der Waals surface area contributed by atoms with Crippen LogP contribution >= 0.6 is 0 Å². The van der Waals surface area contributed by atoms with Crippen LogP contribution in [-0.4, -0.2) is 60.8 Å². The number of nitrogens with one attached hydrogen (secondary N) is 2. The lowest BCUT2D eigenvalue weighted by Gasteiger charge is -2.19. The molecule has 0 saturated carbocycles. The van der Waals surface area contributed by atoms with Gasteiger partial charge >= 0.3 is 0 Å². The minimum absolute atomic E-state index is 0.0795. The summed E-state index contributed by atoms with van der Waals surface area (Å²) < 4.78 is 27.1. The first-order chi connectivity index (χ1) is 10.4. The van der Waals surface area contributed by atoms with Gasteiger partial charge in [-0.25, -0.2) is 12.7 Å². The van der Waals surface area contributed by atoms with Crippen LogP contribution in [0.1, 0.15) is 25.5 Å². The van der Waals surface area contributed by atoms with Crippen LogP contribution in [0.4, 0.5) is 0 Å². The summed E-state index contributed by atoms with van der Waals surface area (Å²) in [6.07, 6.45) is 3.35. The number of rotatable bonds is 9. The molecule has 0 aromatic carbocycles. The van der Waals surface area contributed by atoms with Gasteiger partial charge in [0.1, 0.15) is 6.04 Å². The second-order valence-corrected chi connectivity index (χ2v) is 6.95. The van der Waals surface area contributed by atoms with Gasteiger partial charge in [-0.15, -0.1) is 0 Å². The number of nitrogens with zero attached hydrogens (tertiary/aromatic N) is 3. The lowest BCUT2D eigenvalue weighted by Crippen LogP contribution is -2.41. The molecule has 0 aliphatic heterocycles. The fourth-order valence-electron chi connectivity index (χ4n) is 2.19. The first kappa shape index (κ1) is 18.6. The average Bonchev–Trinajstić information content (AvgIpc) is 2.86. The van der Waals surface area contributed by atoms with Crippen molar-refractivity contribution in [1.82, 2.24) is 24.7 Å². The summed E-state index contributed by atoms with van der Waals surface area (Å²) in [5, 5.41) is 9.58. The summed E-state index contributed by atoms with van der Waals surface area (Å²) in [6, 6.07) is -0.551. The molecule has 8 nitrogen and oxygen atoms in total. The number of amides is 1. The molecule has 0 aliphatic carbocycles. The zero-order valence-corrected chi connectivity index (χ0v) is 14.4. The molecule has 1 unspecified atom stereocenters. The van der Waals surface area contributed by atoms with Gasteiger partial charge in [0.25, 0.3) is 0 Å². The molecule has 2 N–H and O–H groups in total. The van der Waals surface area contributed by atoms with Gasteiger partial charge in [-0.1, -0.05) is 13.8 Å². The summed E-state index contributed by atoms with van der Waals surface area (Å²) in [6.45, 7) is 4.53. The largest absolute Gasteiger partial charge is 0.353 e. The third-order valence-electron chi connectivity index (χ3n) is 3.37. The number of carbonyl (C=O) groups is 1. The van der Waals surface area contributed by atoms with Gasteiger partial charge in [0.15, 0.2) is 0 Å². The van der Waals surface area contributed by atoms with E-state index < -0.39 is 16.1 Å². The van der Waals surface area contributed by atoms with Crippen molar-refractivity contribution in [1.29, 1.82) is 0 Å². The monoisotopic (exact) mass is 331 g/mol. The Bertz CT molecular complexity index is 580. The lowest BCUT2D eigenvalue weighted by molar-refractivity contribution is -0.123. The Morgan fingerprint density at radius 2 is 2.05 bits per heavy atom. The minimum Gasteiger partial charge on any atom is -0.353 e. The van der Waals surface area contributed by atoms with Crippen LogP contribution < -0.4 is 10.6 Å². The zero-order chi connectivity index (χ0) is 16.8. The van der Waals surface area contributed by atoms with E-state index in [1.54, 1.807) is 45.0 Å². The molecule has 0 saturated heterocycles. The van der Waals surface area contributed by atoms with Gasteiger partial charge in [-0.3, -0.25) is 9.48 Å². The summed E-state index contributed by atoms with van der Waals surface area (Å²) in [4.78, 5) is 12.2. The Hall–Kier alpha value is -1.45. The molecule has 1 amide bonds. The van der Waals surface area contributed by atoms with Crippen LogP contribution in [0.15, 0.2) is 12.4 Å². The Kier molecular flexibility index (Phi) is 6.98. The van der Waals surface area contributed by atoms with Crippen molar-refractivity contribution in [2.45, 2.75) is 19.9 Å². The smallest absolute Gasteiger partial charge is 0.241 e. The molecule has 1 rings (SSSR count). The Morgan fingerprint density at radius 1 is 1.41 bits per heavy atom. The molecule has 1 aromatic rings. The minimum atomic E-state index is -3.33. The molecule has 1 aromatic heterocycles. The normalized spacial score (nSPS) is 13.3. The Balaban J connectivity index is 2.58. The Morgan fingerprint density at radius 3 is 2.50 bits per heavy atom. The molecule has 0 aliphatic rings. The van der Waals surface area contributed by atoms with Crippen LogP contribution in [0, 0.1) is 0 Å². The highest BCUT2D eigenvalue weighted by atomic mass is 32.2. The summed E-state index contributed by atoms with van der Waals surface area (Å²) >= 11 is 0. The van der Waals surface area contributed by atoms with E-state index in [2.05, 4.69) is 15.7 Å². The van der Waals surface area contributed by atoms with E-state index in [1.165, 1.54) is 4.31 Å². The molecule has 0 radical (unpaired) electrons. The summed E-state index contributed by atoms with van der Waals surface area (Å²) in [7, 11) is 0.110. The first-order valence-electron chi connectivity index (χ1n) is 7.27. The van der Waals surface area contributed by atoms with Gasteiger partial charge < -0.3 is 10.6 Å². The van der Waals surface area contributed by atoms with E-state index in [0.29, 0.717) is 13.1 Å². The summed E-state index contributed by atoms with van der Waals surface area (Å²) in [5.74, 6) is -0.380. The molecule has 1 atom stereocenters. The molecule has 126 valence electrons. The summed E-state index contributed by atoms with van der Waals surface area (Å²) in [5.41, 5.74) is 0.731. The van der Waals surface area contributed by atoms with Gasteiger partial charge in [0.05, 0.1) is 11.9 Å². The van der Waals surface area contributed by atoms with Crippen LogP contribution in [0.5, 0.6) is 0 Å². The maximum atomic E-state index is 12.2. The molecule has 9 heteroatoms. The highest BCUT2D eigenvalue weighted by molar-refractivity contribution is 7.89. The first-order valence-corrected chi connectivity index (χ1v) is 8.88. The van der Waals surface area contributed by atoms with Crippen molar-refractivity contribution in [3.8, 4) is 0 Å². The van der Waals surface area contributed by atoms with Crippen molar-refractivity contribution in [2.75, 3.05) is 32.4 Å². The van der Waals surface area contributed by atoms with Crippen molar-refractivity contribution >= 4 is 15.9 Å². The van der Waals surface area contributed by atoms with E-state index in [1.807, 2.05) is 0 Å². The topological polar surface area (TPSA) is 96.3 Å². The number of carbonyl (C=O) groups excluding carboxylic acids is 1. The predicted molar refractivity (Wildman–Crippen MR) is 84.7 cm³/mol. The SMILES string of the molecule is CCN(CC)S(=O)(=O)CCNC(=O)C(NC)c1cnn(C)c1. The zero-order valence-electron chi connectivity index (χ0n) is 13.5. The maximum absolute atomic E-state index is 12.2. The van der Waals surface area contributed by atoms with Crippen LogP contribution in [0.2, 0.25) is 0 Å². The Labute approximate surface area is 131 Å². The predicted octanol–water partition coefficient (Wildman–Crippen LogP) is -0.532. The van der Waals surface area contributed by atoms with Gasteiger partial charge in [-0.2, -0.15) is 5.10 Å². The van der Waals surface area contributed by atoms with Crippen molar-refractivity contribution in [2.24, 2.45) is 7.05 Å². The number of likely N-dealkylation sites (N-methyl/N-ethyl adjacent to an activating group) is 1. The second-order valence-electron chi connectivity index (χ2n) is 4.86. The van der Waals surface area contributed by atoms with Gasteiger partial charge in [0.2, 0.25) is 15.9 Å². The molecule has 0 fully saturated rings. The molecular formula is C13H25N5O3S. The highest BCUT2D eigenvalue weighted by Gasteiger charge is 2.22. The lowest BCUT2D eigenvalue weighted by atomic mass is 10.1. The van der Waals surface area contributed by atoms with Crippen LogP contribution in [-0.2, 0) is 21.9 Å². The van der Waals surface area contributed by atoms with Crippen LogP contribution in [0.3, 0.4) is 0 Å². The fraction of sp³-hybridized carbons (Fsp3) is 0.692. The third-order valence-corrected chi connectivity index (χ3v) is 5.39. The van der Waals surface area contributed by atoms with Crippen LogP contribution in [0.25, 0.3) is 0 Å². The fourth-order valence-corrected chi connectivity index (χ4v) is 3.59. The van der Waals surface area contributed by atoms with E-state index >= 15 is 0 Å². The molecular weight excluding hydrogens is 306 g/mol. The van der Waals surface area contributed by atoms with Crippen molar-refractivity contribution in [3.63, 3.8) is 0 Å². The van der Waals surface area contributed by atoms with Gasteiger partial charge in [0, 0.05) is 38.4 Å². The van der Waals surface area contributed by atoms with Crippen molar-refractivity contribution < 1.29 is 13.2 Å².